The van der Waals surface area contributed by atoms with Crippen LogP contribution in [0.2, 0.25) is 0 Å². The highest BCUT2D eigenvalue weighted by Gasteiger charge is 2.13. The summed E-state index contributed by atoms with van der Waals surface area (Å²) in [6, 6.07) is 0. The summed E-state index contributed by atoms with van der Waals surface area (Å²) in [6.07, 6.45) is 7.05. The maximum Gasteiger partial charge on any atom is 0.0690 e. The molecule has 1 fully saturated rings. The van der Waals surface area contributed by atoms with Crippen molar-refractivity contribution >= 4 is 0 Å². The first kappa shape index (κ1) is 11.7. The molecule has 2 nitrogen and oxygen atoms in total. The lowest BCUT2D eigenvalue weighted by atomic mass is 9.98. The van der Waals surface area contributed by atoms with Gasteiger partial charge in [-0.15, -0.1) is 0 Å². The molecule has 1 saturated carbocycles. The molecule has 14 heavy (non-hydrogen) atoms. The Balaban J connectivity index is 2.03. The molecule has 0 saturated heterocycles. The van der Waals surface area contributed by atoms with Crippen molar-refractivity contribution in [1.29, 1.82) is 0 Å². The first-order chi connectivity index (χ1) is 6.83. The van der Waals surface area contributed by atoms with Gasteiger partial charge in [0.1, 0.15) is 0 Å². The van der Waals surface area contributed by atoms with Gasteiger partial charge in [0.2, 0.25) is 0 Å². The molecule has 0 spiro atoms. The third-order valence-corrected chi connectivity index (χ3v) is 2.70. The van der Waals surface area contributed by atoms with Gasteiger partial charge in [-0.05, 0) is 25.0 Å². The molecule has 0 unspecified atom stereocenters. The second kappa shape index (κ2) is 7.02. The van der Waals surface area contributed by atoms with Crippen LogP contribution in [-0.4, -0.2) is 25.8 Å². The lowest BCUT2D eigenvalue weighted by Gasteiger charge is -2.22. The molecule has 2 heteroatoms. The lowest BCUT2D eigenvalue weighted by Crippen LogP contribution is -2.22. The van der Waals surface area contributed by atoms with Crippen LogP contribution in [0.5, 0.6) is 0 Å². The summed E-state index contributed by atoms with van der Waals surface area (Å²) in [5.41, 5.74) is 1.16. The molecule has 1 aliphatic carbocycles. The molecule has 0 atom stereocenters. The zero-order chi connectivity index (χ0) is 10.2. The summed E-state index contributed by atoms with van der Waals surface area (Å²) in [5.74, 6) is 0. The van der Waals surface area contributed by atoms with Crippen molar-refractivity contribution in [1.82, 2.24) is 5.32 Å². The average Bonchev–Trinajstić information content (AvgIpc) is 2.25. The number of nitrogens with one attached hydrogen (secondary N) is 1. The van der Waals surface area contributed by atoms with Crippen molar-refractivity contribution in [2.75, 3.05) is 19.7 Å². The Kier molecular flexibility index (Phi) is 5.88. The Hall–Kier alpha value is -0.340. The van der Waals surface area contributed by atoms with E-state index in [2.05, 4.69) is 18.8 Å². The van der Waals surface area contributed by atoms with Crippen LogP contribution in [0.15, 0.2) is 12.2 Å². The number of hydrogen-bond donors (Lipinski definition) is 1. The molecule has 1 rings (SSSR count). The molecule has 82 valence electrons. The van der Waals surface area contributed by atoms with E-state index in [1.54, 1.807) is 0 Å². The summed E-state index contributed by atoms with van der Waals surface area (Å²) in [5, 5.41) is 3.26. The van der Waals surface area contributed by atoms with Gasteiger partial charge in [0.25, 0.3) is 0 Å². The molecule has 0 radical (unpaired) electrons. The molecule has 0 aliphatic heterocycles. The summed E-state index contributed by atoms with van der Waals surface area (Å²) in [7, 11) is 0. The molecule has 0 bridgehead atoms. The zero-order valence-electron chi connectivity index (χ0n) is 9.35. The Morgan fingerprint density at radius 1 is 1.36 bits per heavy atom. The molecule has 0 heterocycles. The number of ether oxygens (including phenoxy) is 1. The summed E-state index contributed by atoms with van der Waals surface area (Å²) >= 11 is 0. The van der Waals surface area contributed by atoms with Crippen LogP contribution in [0.25, 0.3) is 0 Å². The van der Waals surface area contributed by atoms with E-state index in [4.69, 9.17) is 4.74 Å². The zero-order valence-corrected chi connectivity index (χ0v) is 9.35. The van der Waals surface area contributed by atoms with Crippen LogP contribution in [0.4, 0.5) is 0 Å². The standard InChI is InChI=1S/C12H23NO/c1-3-13-9-11(2)10-14-12-7-5-4-6-8-12/h12-13H,2-10H2,1H3. The lowest BCUT2D eigenvalue weighted by molar-refractivity contribution is 0.0421. The minimum Gasteiger partial charge on any atom is -0.374 e. The van der Waals surface area contributed by atoms with Crippen molar-refractivity contribution in [3.63, 3.8) is 0 Å². The molecule has 0 aromatic carbocycles. The molecular formula is C12H23NO. The smallest absolute Gasteiger partial charge is 0.0690 e. The van der Waals surface area contributed by atoms with Gasteiger partial charge in [-0.3, -0.25) is 0 Å². The fourth-order valence-corrected chi connectivity index (χ4v) is 1.82. The Labute approximate surface area is 87.7 Å². The summed E-state index contributed by atoms with van der Waals surface area (Å²) in [4.78, 5) is 0. The molecule has 0 aromatic heterocycles. The van der Waals surface area contributed by atoms with Gasteiger partial charge in [0, 0.05) is 6.54 Å². The number of hydrogen-bond acceptors (Lipinski definition) is 2. The van der Waals surface area contributed by atoms with Crippen molar-refractivity contribution in [3.8, 4) is 0 Å². The molecular weight excluding hydrogens is 174 g/mol. The summed E-state index contributed by atoms with van der Waals surface area (Å²) in [6.45, 7) is 8.72. The summed E-state index contributed by atoms with van der Waals surface area (Å²) < 4.78 is 5.80. The van der Waals surface area contributed by atoms with E-state index in [1.165, 1.54) is 32.1 Å². The van der Waals surface area contributed by atoms with Gasteiger partial charge in [0.05, 0.1) is 12.7 Å². The van der Waals surface area contributed by atoms with E-state index < -0.39 is 0 Å². The van der Waals surface area contributed by atoms with Crippen molar-refractivity contribution in [2.24, 2.45) is 0 Å². The van der Waals surface area contributed by atoms with Gasteiger partial charge < -0.3 is 10.1 Å². The van der Waals surface area contributed by atoms with Crippen LogP contribution in [-0.2, 0) is 4.74 Å². The van der Waals surface area contributed by atoms with E-state index >= 15 is 0 Å². The normalized spacial score (nSPS) is 18.4. The fourth-order valence-electron chi connectivity index (χ4n) is 1.82. The largest absolute Gasteiger partial charge is 0.374 e. The van der Waals surface area contributed by atoms with E-state index in [0.29, 0.717) is 6.10 Å². The van der Waals surface area contributed by atoms with Crippen LogP contribution >= 0.6 is 0 Å². The monoisotopic (exact) mass is 197 g/mol. The van der Waals surface area contributed by atoms with E-state index in [1.807, 2.05) is 0 Å². The highest BCUT2D eigenvalue weighted by molar-refractivity contribution is 4.96. The van der Waals surface area contributed by atoms with Crippen LogP contribution in [0, 0.1) is 0 Å². The third kappa shape index (κ3) is 4.77. The van der Waals surface area contributed by atoms with Gasteiger partial charge in [-0.25, -0.2) is 0 Å². The maximum absolute atomic E-state index is 5.80. The predicted octanol–water partition coefficient (Wildman–Crippen LogP) is 2.50. The number of rotatable bonds is 6. The van der Waals surface area contributed by atoms with Crippen LogP contribution < -0.4 is 5.32 Å². The highest BCUT2D eigenvalue weighted by Crippen LogP contribution is 2.20. The molecule has 0 amide bonds. The molecule has 1 aliphatic rings. The second-order valence-electron chi connectivity index (χ2n) is 4.10. The first-order valence-electron chi connectivity index (χ1n) is 5.82. The number of likely N-dealkylation sites (N-methyl/N-ethyl adjacent to an activating group) is 1. The minimum atomic E-state index is 0.502. The van der Waals surface area contributed by atoms with Crippen molar-refractivity contribution in [2.45, 2.75) is 45.1 Å². The van der Waals surface area contributed by atoms with E-state index in [0.717, 1.165) is 25.3 Å². The second-order valence-corrected chi connectivity index (χ2v) is 4.10. The Morgan fingerprint density at radius 2 is 2.07 bits per heavy atom. The third-order valence-electron chi connectivity index (χ3n) is 2.70. The highest BCUT2D eigenvalue weighted by atomic mass is 16.5. The molecule has 1 N–H and O–H groups in total. The van der Waals surface area contributed by atoms with E-state index in [9.17, 15) is 0 Å². The Bertz CT molecular complexity index is 162. The quantitative estimate of drug-likeness (QED) is 0.661. The maximum atomic E-state index is 5.80. The fraction of sp³-hybridized carbons (Fsp3) is 0.833. The van der Waals surface area contributed by atoms with Crippen molar-refractivity contribution < 1.29 is 4.74 Å². The van der Waals surface area contributed by atoms with Crippen molar-refractivity contribution in [3.05, 3.63) is 12.2 Å². The van der Waals surface area contributed by atoms with Gasteiger partial charge in [-0.1, -0.05) is 32.8 Å². The predicted molar refractivity (Wildman–Crippen MR) is 60.5 cm³/mol. The van der Waals surface area contributed by atoms with E-state index in [-0.39, 0.29) is 0 Å². The minimum absolute atomic E-state index is 0.502. The topological polar surface area (TPSA) is 21.3 Å². The van der Waals surface area contributed by atoms with Gasteiger partial charge >= 0.3 is 0 Å². The van der Waals surface area contributed by atoms with Crippen LogP contribution in [0.3, 0.4) is 0 Å². The first-order valence-corrected chi connectivity index (χ1v) is 5.82. The van der Waals surface area contributed by atoms with Gasteiger partial charge in [-0.2, -0.15) is 0 Å². The Morgan fingerprint density at radius 3 is 2.71 bits per heavy atom. The molecule has 0 aromatic rings. The average molecular weight is 197 g/mol. The van der Waals surface area contributed by atoms with Crippen LogP contribution in [0.1, 0.15) is 39.0 Å². The van der Waals surface area contributed by atoms with Gasteiger partial charge in [0.15, 0.2) is 0 Å². The SMILES string of the molecule is C=C(CNCC)COC1CCCCC1.